The largest absolute Gasteiger partial charge is 0.497 e. The summed E-state index contributed by atoms with van der Waals surface area (Å²) < 4.78 is 32.9. The van der Waals surface area contributed by atoms with Gasteiger partial charge in [-0.3, -0.25) is 0 Å². The van der Waals surface area contributed by atoms with Crippen molar-refractivity contribution in [3.05, 3.63) is 56.5 Å². The maximum Gasteiger partial charge on any atom is 0.147 e. The lowest BCUT2D eigenvalue weighted by molar-refractivity contribution is 0.409. The first-order valence-electron chi connectivity index (χ1n) is 7.86. The van der Waals surface area contributed by atoms with Gasteiger partial charge in [-0.1, -0.05) is 18.2 Å². The van der Waals surface area contributed by atoms with Crippen molar-refractivity contribution in [2.45, 2.75) is 6.54 Å². The molecular weight excluding hydrogens is 447 g/mol. The van der Waals surface area contributed by atoms with Gasteiger partial charge in [-0.05, 0) is 55.6 Å². The first-order valence-corrected chi connectivity index (χ1v) is 7.94. The van der Waals surface area contributed by atoms with Gasteiger partial charge in [0, 0.05) is 5.56 Å². The lowest BCUT2D eigenvalue weighted by Crippen LogP contribution is -2.05. The van der Waals surface area contributed by atoms with Crippen molar-refractivity contribution in [2.24, 2.45) is 5.10 Å². The summed E-state index contributed by atoms with van der Waals surface area (Å²) in [6.07, 6.45) is 1.59. The minimum Gasteiger partial charge on any atom is -0.497 e. The molecule has 0 amide bonds. The zero-order valence-electron chi connectivity index (χ0n) is 15.2. The maximum atomic E-state index is 7.24. The van der Waals surface area contributed by atoms with E-state index in [1.54, 1.807) is 25.5 Å². The molecule has 0 saturated heterocycles. The molecule has 2 rings (SSSR count). The van der Waals surface area contributed by atoms with Gasteiger partial charge >= 0.3 is 0 Å². The van der Waals surface area contributed by atoms with Crippen molar-refractivity contribution in [2.75, 3.05) is 14.1 Å². The summed E-state index contributed by atoms with van der Waals surface area (Å²) in [6.45, 7) is 0.549. The average Bonchev–Trinajstić information content (AvgIpc) is 2.57. The third-order valence-corrected chi connectivity index (χ3v) is 4.36. The van der Waals surface area contributed by atoms with Crippen molar-refractivity contribution in [1.29, 1.82) is 0 Å². The topological polar surface area (TPSA) is 42.8 Å². The molecule has 0 radical (unpaired) electrons. The lowest BCUT2D eigenvalue weighted by atomic mass is 10.2. The number of methoxy groups -OCH3 is 2. The predicted molar refractivity (Wildman–Crippen MR) is 103 cm³/mol. The number of hydrogen-bond acceptors (Lipinski definition) is 4. The SMILES string of the molecule is Cl.[2H]C([2H])([2H])Oc1c(Br)ccc(/C=N/NCc2ccc(OC)cc2)c1Br. The highest BCUT2D eigenvalue weighted by molar-refractivity contribution is 9.11. The van der Waals surface area contributed by atoms with E-state index in [9.17, 15) is 0 Å². The third kappa shape index (κ3) is 5.41. The molecule has 0 heterocycles. The molecule has 4 nitrogen and oxygen atoms in total. The number of hydrazone groups is 1. The molecule has 124 valence electrons. The van der Waals surface area contributed by atoms with Gasteiger partial charge in [-0.15, -0.1) is 12.4 Å². The minimum absolute atomic E-state index is 0. The molecule has 0 aromatic heterocycles. The molecule has 2 aromatic carbocycles. The number of hydrogen-bond donors (Lipinski definition) is 1. The van der Waals surface area contributed by atoms with Crippen LogP contribution in [0.3, 0.4) is 0 Å². The number of ether oxygens (including phenoxy) is 2. The Balaban J connectivity index is 0.00000338. The molecule has 0 saturated carbocycles. The van der Waals surface area contributed by atoms with Crippen LogP contribution in [0.25, 0.3) is 0 Å². The van der Waals surface area contributed by atoms with E-state index in [1.807, 2.05) is 24.3 Å². The Kier molecular flexibility index (Phi) is 6.52. The van der Waals surface area contributed by atoms with Gasteiger partial charge in [-0.2, -0.15) is 5.10 Å². The van der Waals surface area contributed by atoms with Gasteiger partial charge in [0.25, 0.3) is 0 Å². The van der Waals surface area contributed by atoms with Gasteiger partial charge in [-0.25, -0.2) is 0 Å². The van der Waals surface area contributed by atoms with Gasteiger partial charge in [0.2, 0.25) is 0 Å². The highest BCUT2D eigenvalue weighted by atomic mass is 79.9. The number of nitrogens with one attached hydrogen (secondary N) is 1. The van der Waals surface area contributed by atoms with Crippen LogP contribution in [0.5, 0.6) is 11.5 Å². The van der Waals surface area contributed by atoms with Crippen LogP contribution in [0.4, 0.5) is 0 Å². The Labute approximate surface area is 163 Å². The van der Waals surface area contributed by atoms with Gasteiger partial charge in [0.15, 0.2) is 0 Å². The Bertz CT molecular complexity index is 756. The molecule has 0 atom stereocenters. The monoisotopic (exact) mass is 465 g/mol. The molecule has 23 heavy (non-hydrogen) atoms. The van der Waals surface area contributed by atoms with Crippen molar-refractivity contribution in [1.82, 2.24) is 5.43 Å². The van der Waals surface area contributed by atoms with E-state index in [1.165, 1.54) is 0 Å². The first kappa shape index (κ1) is 15.3. The Hall–Kier alpha value is -1.24. The van der Waals surface area contributed by atoms with Crippen molar-refractivity contribution in [3.8, 4) is 11.5 Å². The molecule has 0 aliphatic carbocycles. The molecule has 7 heteroatoms. The maximum absolute atomic E-state index is 7.24. The lowest BCUT2D eigenvalue weighted by Gasteiger charge is -2.08. The second-order valence-corrected chi connectivity index (χ2v) is 5.97. The van der Waals surface area contributed by atoms with Crippen LogP contribution in [0.1, 0.15) is 15.2 Å². The molecule has 0 aliphatic rings. The fraction of sp³-hybridized carbons (Fsp3) is 0.188. The smallest absolute Gasteiger partial charge is 0.147 e. The van der Waals surface area contributed by atoms with Gasteiger partial charge < -0.3 is 14.9 Å². The summed E-state index contributed by atoms with van der Waals surface area (Å²) in [5, 5.41) is 4.16. The molecule has 0 spiro atoms. The summed E-state index contributed by atoms with van der Waals surface area (Å²) in [5.41, 5.74) is 4.68. The summed E-state index contributed by atoms with van der Waals surface area (Å²) in [6, 6.07) is 11.1. The van der Waals surface area contributed by atoms with E-state index in [0.29, 0.717) is 21.1 Å². The standard InChI is InChI=1S/C16H16Br2N2O2.ClH/c1-21-13-6-3-11(4-7-13)9-19-20-10-12-5-8-14(17)16(22-2)15(12)18;/h3-8,10,19H,9H2,1-2H3;1H/b20-10+;/i2D3;. The van der Waals surface area contributed by atoms with Crippen LogP contribution < -0.4 is 14.9 Å². The van der Waals surface area contributed by atoms with E-state index in [2.05, 4.69) is 42.4 Å². The highest BCUT2D eigenvalue weighted by Crippen LogP contribution is 2.35. The molecule has 1 N–H and O–H groups in total. The Morgan fingerprint density at radius 3 is 2.57 bits per heavy atom. The zero-order chi connectivity index (χ0) is 18.4. The summed E-state index contributed by atoms with van der Waals surface area (Å²) >= 11 is 6.64. The first-order chi connectivity index (χ1) is 11.8. The van der Waals surface area contributed by atoms with Gasteiger partial charge in [0.1, 0.15) is 11.5 Å². The van der Waals surface area contributed by atoms with Crippen LogP contribution in [0.15, 0.2) is 50.4 Å². The van der Waals surface area contributed by atoms with Crippen LogP contribution in [-0.2, 0) is 6.54 Å². The molecule has 0 aliphatic heterocycles. The van der Waals surface area contributed by atoms with Crippen molar-refractivity contribution >= 4 is 50.5 Å². The molecule has 0 fully saturated rings. The summed E-state index contributed by atoms with van der Waals surface area (Å²) in [4.78, 5) is 0. The van der Waals surface area contributed by atoms with E-state index in [0.717, 1.165) is 11.3 Å². The van der Waals surface area contributed by atoms with Crippen LogP contribution in [-0.4, -0.2) is 20.4 Å². The van der Waals surface area contributed by atoms with Crippen molar-refractivity contribution < 1.29 is 13.6 Å². The summed E-state index contributed by atoms with van der Waals surface area (Å²) in [5.74, 6) is 1.01. The number of rotatable bonds is 6. The minimum atomic E-state index is -2.53. The van der Waals surface area contributed by atoms with E-state index < -0.39 is 7.04 Å². The Morgan fingerprint density at radius 1 is 1.17 bits per heavy atom. The number of benzene rings is 2. The summed E-state index contributed by atoms with van der Waals surface area (Å²) in [7, 11) is -0.911. The van der Waals surface area contributed by atoms with Crippen LogP contribution >= 0.6 is 44.3 Å². The second kappa shape index (κ2) is 9.80. The zero-order valence-corrected chi connectivity index (χ0v) is 16.2. The van der Waals surface area contributed by atoms with Gasteiger partial charge in [0.05, 0.1) is 40.0 Å². The molecular formula is C16H17Br2ClN2O2. The fourth-order valence-electron chi connectivity index (χ4n) is 1.74. The quantitative estimate of drug-likeness (QED) is 0.491. The molecule has 0 unspecified atom stereocenters. The highest BCUT2D eigenvalue weighted by Gasteiger charge is 2.08. The number of halogens is 3. The third-order valence-electron chi connectivity index (χ3n) is 2.92. The van der Waals surface area contributed by atoms with E-state index in [-0.39, 0.29) is 18.2 Å². The van der Waals surface area contributed by atoms with E-state index >= 15 is 0 Å². The van der Waals surface area contributed by atoms with Crippen LogP contribution in [0, 0.1) is 0 Å². The molecule has 2 aromatic rings. The Morgan fingerprint density at radius 2 is 1.91 bits per heavy atom. The normalized spacial score (nSPS) is 12.7. The number of nitrogens with zero attached hydrogens (tertiary/aromatic N) is 1. The second-order valence-electron chi connectivity index (χ2n) is 4.32. The predicted octanol–water partition coefficient (Wildman–Crippen LogP) is 4.77. The van der Waals surface area contributed by atoms with E-state index in [4.69, 9.17) is 13.6 Å². The average molecular weight is 468 g/mol. The van der Waals surface area contributed by atoms with Crippen molar-refractivity contribution in [3.63, 3.8) is 0 Å². The molecule has 0 bridgehead atoms. The fourth-order valence-corrected chi connectivity index (χ4v) is 2.94. The van der Waals surface area contributed by atoms with Crippen LogP contribution in [0.2, 0.25) is 0 Å².